The highest BCUT2D eigenvalue weighted by atomic mass is 32.2. The van der Waals surface area contributed by atoms with Crippen molar-refractivity contribution in [3.8, 4) is 0 Å². The zero-order valence-corrected chi connectivity index (χ0v) is 16.9. The van der Waals surface area contributed by atoms with Crippen molar-refractivity contribution >= 4 is 55.7 Å². The highest BCUT2D eigenvalue weighted by Gasteiger charge is 2.12. The molecule has 0 aliphatic heterocycles. The van der Waals surface area contributed by atoms with Crippen LogP contribution >= 0.6 is 23.5 Å². The number of nitrogens with zero attached hydrogens (tertiary/aromatic N) is 1. The molecular weight excluding hydrogens is 396 g/mol. The van der Waals surface area contributed by atoms with Gasteiger partial charge in [0, 0.05) is 5.39 Å². The first-order valence-corrected chi connectivity index (χ1v) is 10.4. The van der Waals surface area contributed by atoms with Gasteiger partial charge >= 0.3 is 0 Å². The summed E-state index contributed by atoms with van der Waals surface area (Å²) in [7, 11) is 0. The number of H-pyrrole nitrogens is 1. The summed E-state index contributed by atoms with van der Waals surface area (Å²) in [6, 6.07) is 5.58. The summed E-state index contributed by atoms with van der Waals surface area (Å²) in [5.41, 5.74) is 12.8. The van der Waals surface area contributed by atoms with E-state index in [0.29, 0.717) is 17.9 Å². The second-order valence-electron chi connectivity index (χ2n) is 6.09. The molecule has 2 rings (SSSR count). The molecule has 0 bridgehead atoms. The second-order valence-corrected chi connectivity index (χ2v) is 8.48. The van der Waals surface area contributed by atoms with Crippen LogP contribution in [0.3, 0.4) is 0 Å². The van der Waals surface area contributed by atoms with Gasteiger partial charge in [0.15, 0.2) is 10.3 Å². The molecule has 1 aromatic heterocycles. The van der Waals surface area contributed by atoms with E-state index in [2.05, 4.69) is 15.5 Å². The molecule has 0 aliphatic rings. The Morgan fingerprint density at radius 3 is 2.82 bits per heavy atom. The van der Waals surface area contributed by atoms with E-state index in [4.69, 9.17) is 27.7 Å². The molecule has 11 heteroatoms. The van der Waals surface area contributed by atoms with Gasteiger partial charge in [0.1, 0.15) is 0 Å². The summed E-state index contributed by atoms with van der Waals surface area (Å²) in [6.07, 6.45) is 4.58. The number of hydrogen-bond donors (Lipinski definition) is 7. The molecule has 9 nitrogen and oxygen atoms in total. The van der Waals surface area contributed by atoms with Crippen molar-refractivity contribution in [1.82, 2.24) is 15.5 Å². The van der Waals surface area contributed by atoms with Gasteiger partial charge in [-0.15, -0.1) is 0 Å². The van der Waals surface area contributed by atoms with Gasteiger partial charge in [0.25, 0.3) is 0 Å². The molecular formula is C17H24N8OS2. The average molecular weight is 421 g/mol. The van der Waals surface area contributed by atoms with Crippen LogP contribution in [0.4, 0.5) is 0 Å². The number of nitrogens with two attached hydrogens (primary N) is 2. The molecule has 1 aromatic carbocycles. The third-order valence-corrected chi connectivity index (χ3v) is 5.37. The summed E-state index contributed by atoms with van der Waals surface area (Å²) < 4.78 is 0. The van der Waals surface area contributed by atoms with Crippen LogP contribution in [-0.4, -0.2) is 36.9 Å². The third kappa shape index (κ3) is 7.33. The number of aromatic amines is 1. The van der Waals surface area contributed by atoms with E-state index in [1.54, 1.807) is 6.20 Å². The molecule has 0 radical (unpaired) electrons. The van der Waals surface area contributed by atoms with Crippen molar-refractivity contribution < 1.29 is 4.79 Å². The Balaban J connectivity index is 1.68. The maximum Gasteiger partial charge on any atom is 0.230 e. The van der Waals surface area contributed by atoms with E-state index in [9.17, 15) is 4.79 Å². The minimum absolute atomic E-state index is 0.00370. The lowest BCUT2D eigenvalue weighted by molar-refractivity contribution is -0.118. The van der Waals surface area contributed by atoms with Crippen molar-refractivity contribution in [2.45, 2.75) is 37.5 Å². The van der Waals surface area contributed by atoms with Crippen molar-refractivity contribution in [2.75, 3.05) is 0 Å². The second kappa shape index (κ2) is 10.8. The third-order valence-electron chi connectivity index (χ3n) is 3.83. The lowest BCUT2D eigenvalue weighted by Gasteiger charge is -2.10. The number of aromatic nitrogens is 2. The molecule has 28 heavy (non-hydrogen) atoms. The van der Waals surface area contributed by atoms with Gasteiger partial charge in [-0.3, -0.25) is 26.1 Å². The smallest absolute Gasteiger partial charge is 0.230 e. The number of rotatable bonds is 8. The van der Waals surface area contributed by atoms with Crippen LogP contribution in [0.15, 0.2) is 24.4 Å². The number of thioether (sulfide) groups is 2. The molecule has 0 saturated carbocycles. The van der Waals surface area contributed by atoms with Crippen LogP contribution in [0.5, 0.6) is 0 Å². The number of nitrogens with one attached hydrogen (secondary N) is 5. The van der Waals surface area contributed by atoms with Crippen LogP contribution in [0.25, 0.3) is 10.9 Å². The highest BCUT2D eigenvalue weighted by Crippen LogP contribution is 2.17. The van der Waals surface area contributed by atoms with E-state index in [1.165, 1.54) is 0 Å². The summed E-state index contributed by atoms with van der Waals surface area (Å²) >= 11 is 2.06. The maximum absolute atomic E-state index is 12.2. The van der Waals surface area contributed by atoms with E-state index in [-0.39, 0.29) is 28.0 Å². The van der Waals surface area contributed by atoms with Gasteiger partial charge in [-0.1, -0.05) is 30.3 Å². The number of carbonyl (C=O) groups excluding carboxylic acids is 1. The minimum Gasteiger partial charge on any atom is -0.379 e. The Morgan fingerprint density at radius 1 is 1.29 bits per heavy atom. The van der Waals surface area contributed by atoms with Gasteiger partial charge in [-0.2, -0.15) is 5.10 Å². The Bertz CT molecular complexity index is 866. The largest absolute Gasteiger partial charge is 0.379 e. The fourth-order valence-corrected chi connectivity index (χ4v) is 3.85. The summed E-state index contributed by atoms with van der Waals surface area (Å²) in [5.74, 6) is -0.300. The van der Waals surface area contributed by atoms with E-state index in [1.807, 2.05) is 18.2 Å². The highest BCUT2D eigenvalue weighted by molar-refractivity contribution is 8.26. The number of amides is 1. The van der Waals surface area contributed by atoms with Crippen molar-refractivity contribution in [1.29, 1.82) is 16.2 Å². The standard InChI is InChI=1S/C17H24N8OS2/c18-13(27-16(20)21)6-1-2-7-14(19)28-17(22)24-15(26)8-10-4-3-5-12-11(10)9-23-25-12/h3-5,9,13,19H,1-2,6-8,18H2,(H3,20,21)(H,23,25)(H2,22,24,26). The zero-order chi connectivity index (χ0) is 20.5. The van der Waals surface area contributed by atoms with Crippen molar-refractivity contribution in [2.24, 2.45) is 11.5 Å². The summed E-state index contributed by atoms with van der Waals surface area (Å²) in [6.45, 7) is 0. The topological polar surface area (TPSA) is 181 Å². The molecule has 0 aliphatic carbocycles. The Kier molecular flexibility index (Phi) is 8.48. The Hall–Kier alpha value is -2.37. The number of unbranched alkanes of at least 4 members (excludes halogenated alkanes) is 1. The van der Waals surface area contributed by atoms with Crippen molar-refractivity contribution in [3.63, 3.8) is 0 Å². The molecule has 0 saturated heterocycles. The molecule has 1 unspecified atom stereocenters. The number of fused-ring (bicyclic) bond motifs is 1. The summed E-state index contributed by atoms with van der Waals surface area (Å²) in [5, 5.41) is 33.3. The first-order valence-electron chi connectivity index (χ1n) is 8.66. The quantitative estimate of drug-likeness (QED) is 0.149. The number of amidine groups is 2. The van der Waals surface area contributed by atoms with Crippen LogP contribution in [0.2, 0.25) is 0 Å². The van der Waals surface area contributed by atoms with E-state index in [0.717, 1.165) is 52.8 Å². The Labute approximate surface area is 171 Å². The lowest BCUT2D eigenvalue weighted by Crippen LogP contribution is -2.29. The number of hydrogen-bond acceptors (Lipinski definition) is 8. The molecule has 1 atom stereocenters. The number of benzene rings is 1. The van der Waals surface area contributed by atoms with Gasteiger partial charge in [0.2, 0.25) is 5.91 Å². The summed E-state index contributed by atoms with van der Waals surface area (Å²) in [4.78, 5) is 12.2. The molecule has 9 N–H and O–H groups in total. The molecule has 0 spiro atoms. The predicted molar refractivity (Wildman–Crippen MR) is 117 cm³/mol. The van der Waals surface area contributed by atoms with Gasteiger partial charge in [-0.25, -0.2) is 0 Å². The molecule has 0 fully saturated rings. The fourth-order valence-electron chi connectivity index (χ4n) is 2.58. The van der Waals surface area contributed by atoms with Crippen LogP contribution in [0, 0.1) is 16.2 Å². The lowest BCUT2D eigenvalue weighted by atomic mass is 10.1. The minimum atomic E-state index is -0.300. The van der Waals surface area contributed by atoms with E-state index >= 15 is 0 Å². The molecule has 2 aromatic rings. The zero-order valence-electron chi connectivity index (χ0n) is 15.2. The van der Waals surface area contributed by atoms with Crippen LogP contribution < -0.4 is 16.8 Å². The maximum atomic E-state index is 12.2. The first-order chi connectivity index (χ1) is 13.3. The fraction of sp³-hybridized carbons (Fsp3) is 0.353. The predicted octanol–water partition coefficient (Wildman–Crippen LogP) is 2.34. The van der Waals surface area contributed by atoms with Crippen LogP contribution in [0.1, 0.15) is 31.2 Å². The number of carbonyl (C=O) groups is 1. The molecule has 1 amide bonds. The first kappa shape index (κ1) is 21.9. The molecule has 150 valence electrons. The van der Waals surface area contributed by atoms with Gasteiger partial charge in [0.05, 0.1) is 28.6 Å². The van der Waals surface area contributed by atoms with E-state index < -0.39 is 0 Å². The average Bonchev–Trinajstić information content (AvgIpc) is 3.07. The molecule has 1 heterocycles. The Morgan fingerprint density at radius 2 is 2.07 bits per heavy atom. The van der Waals surface area contributed by atoms with Crippen molar-refractivity contribution in [3.05, 3.63) is 30.0 Å². The normalized spacial score (nSPS) is 11.9. The monoisotopic (exact) mass is 420 g/mol. The van der Waals surface area contributed by atoms with Gasteiger partial charge in [-0.05, 0) is 42.7 Å². The van der Waals surface area contributed by atoms with Crippen LogP contribution in [-0.2, 0) is 11.2 Å². The SMILES string of the molecule is N=C(N)SC(N)CCCCC(=N)SC(=N)NC(=O)Cc1cccc2[nH]ncc12. The van der Waals surface area contributed by atoms with Gasteiger partial charge < -0.3 is 16.8 Å².